The summed E-state index contributed by atoms with van der Waals surface area (Å²) in [6, 6.07) is 2.52. The molecule has 6 heteroatoms. The van der Waals surface area contributed by atoms with Gasteiger partial charge in [0.15, 0.2) is 0 Å². The van der Waals surface area contributed by atoms with Gasteiger partial charge in [-0.15, -0.1) is 0 Å². The highest BCUT2D eigenvalue weighted by molar-refractivity contribution is 5.48. The van der Waals surface area contributed by atoms with E-state index < -0.39 is 11.7 Å². The first-order chi connectivity index (χ1) is 8.93. The van der Waals surface area contributed by atoms with Crippen molar-refractivity contribution < 1.29 is 22.6 Å². The fourth-order valence-electron chi connectivity index (χ4n) is 1.87. The second-order valence-corrected chi connectivity index (χ2v) is 4.11. The fraction of sp³-hybridized carbons (Fsp3) is 0.538. The van der Waals surface area contributed by atoms with Crippen molar-refractivity contribution >= 4 is 0 Å². The maximum atomic E-state index is 13.0. The highest BCUT2D eigenvalue weighted by atomic mass is 19.4. The molecule has 0 aromatic heterocycles. The normalized spacial score (nSPS) is 11.5. The Balaban J connectivity index is 3.19. The summed E-state index contributed by atoms with van der Waals surface area (Å²) in [4.78, 5) is 0. The van der Waals surface area contributed by atoms with Crippen LogP contribution in [0.25, 0.3) is 0 Å². The summed E-state index contributed by atoms with van der Waals surface area (Å²) in [5.74, 6) is 0.0428. The Hall–Kier alpha value is -1.43. The molecule has 0 heterocycles. The van der Waals surface area contributed by atoms with Crippen molar-refractivity contribution in [1.29, 1.82) is 0 Å². The number of aryl methyl sites for hydroxylation is 1. The zero-order valence-corrected chi connectivity index (χ0v) is 11.0. The predicted octanol–water partition coefficient (Wildman–Crippen LogP) is 3.00. The van der Waals surface area contributed by atoms with Crippen molar-refractivity contribution in [3.8, 4) is 11.5 Å². The Morgan fingerprint density at radius 3 is 2.26 bits per heavy atom. The summed E-state index contributed by atoms with van der Waals surface area (Å²) < 4.78 is 48.7. The van der Waals surface area contributed by atoms with Gasteiger partial charge in [-0.05, 0) is 43.5 Å². The molecule has 0 aliphatic rings. The van der Waals surface area contributed by atoms with Crippen LogP contribution >= 0.6 is 0 Å². The van der Waals surface area contributed by atoms with Gasteiger partial charge in [-0.3, -0.25) is 0 Å². The molecule has 0 atom stereocenters. The third-order valence-corrected chi connectivity index (χ3v) is 2.78. The second-order valence-electron chi connectivity index (χ2n) is 4.11. The summed E-state index contributed by atoms with van der Waals surface area (Å²) in [7, 11) is 2.58. The first-order valence-electron chi connectivity index (χ1n) is 5.96. The number of unbranched alkanes of at least 4 members (excludes halogenated alkanes) is 1. The van der Waals surface area contributed by atoms with Crippen LogP contribution in [0.5, 0.6) is 11.5 Å². The van der Waals surface area contributed by atoms with Gasteiger partial charge in [0.25, 0.3) is 0 Å². The molecule has 0 amide bonds. The third kappa shape index (κ3) is 4.02. The number of halogens is 3. The standard InChI is InChI=1S/C13H18F3NO2/c1-18-10-7-9(5-3-4-6-17)12(19-2)11(8-10)13(14,15)16/h7-8H,3-6,17H2,1-2H3. The van der Waals surface area contributed by atoms with E-state index in [-0.39, 0.29) is 11.5 Å². The zero-order valence-electron chi connectivity index (χ0n) is 11.0. The van der Waals surface area contributed by atoms with Crippen LogP contribution in [0.3, 0.4) is 0 Å². The quantitative estimate of drug-likeness (QED) is 0.813. The minimum absolute atomic E-state index is 0.134. The van der Waals surface area contributed by atoms with Crippen molar-refractivity contribution in [2.24, 2.45) is 5.73 Å². The molecule has 1 rings (SSSR count). The molecule has 108 valence electrons. The molecule has 0 saturated carbocycles. The number of rotatable bonds is 6. The van der Waals surface area contributed by atoms with Crippen LogP contribution in [-0.2, 0) is 12.6 Å². The topological polar surface area (TPSA) is 44.5 Å². The van der Waals surface area contributed by atoms with Gasteiger partial charge in [-0.25, -0.2) is 0 Å². The average molecular weight is 277 g/mol. The molecule has 0 radical (unpaired) electrons. The Kier molecular flexibility index (Phi) is 5.47. The molecule has 0 aliphatic carbocycles. The van der Waals surface area contributed by atoms with Gasteiger partial charge in [-0.1, -0.05) is 0 Å². The van der Waals surface area contributed by atoms with E-state index in [0.29, 0.717) is 24.9 Å². The highest BCUT2D eigenvalue weighted by Crippen LogP contribution is 2.41. The van der Waals surface area contributed by atoms with Crippen LogP contribution < -0.4 is 15.2 Å². The summed E-state index contributed by atoms with van der Waals surface area (Å²) >= 11 is 0. The largest absolute Gasteiger partial charge is 0.497 e. The molecule has 0 spiro atoms. The van der Waals surface area contributed by atoms with Gasteiger partial charge in [0, 0.05) is 0 Å². The van der Waals surface area contributed by atoms with Crippen molar-refractivity contribution in [2.75, 3.05) is 20.8 Å². The van der Waals surface area contributed by atoms with Gasteiger partial charge in [0.05, 0.1) is 14.2 Å². The first kappa shape index (κ1) is 15.6. The first-order valence-corrected chi connectivity index (χ1v) is 5.96. The van der Waals surface area contributed by atoms with Gasteiger partial charge >= 0.3 is 6.18 Å². The van der Waals surface area contributed by atoms with Gasteiger partial charge in [-0.2, -0.15) is 13.2 Å². The number of hydrogen-bond donors (Lipinski definition) is 1. The minimum Gasteiger partial charge on any atom is -0.497 e. The molecule has 3 nitrogen and oxygen atoms in total. The van der Waals surface area contributed by atoms with E-state index >= 15 is 0 Å². The van der Waals surface area contributed by atoms with Crippen LogP contribution in [0.2, 0.25) is 0 Å². The van der Waals surface area contributed by atoms with E-state index in [1.54, 1.807) is 6.07 Å². The SMILES string of the molecule is COc1cc(CCCCN)c(OC)c(C(F)(F)F)c1. The lowest BCUT2D eigenvalue weighted by atomic mass is 10.0. The number of methoxy groups -OCH3 is 2. The van der Waals surface area contributed by atoms with E-state index in [1.165, 1.54) is 14.2 Å². The number of ether oxygens (including phenoxy) is 2. The molecule has 19 heavy (non-hydrogen) atoms. The van der Waals surface area contributed by atoms with Crippen molar-refractivity contribution in [2.45, 2.75) is 25.4 Å². The van der Waals surface area contributed by atoms with E-state index in [2.05, 4.69) is 0 Å². The summed E-state index contributed by atoms with van der Waals surface area (Å²) in [6.45, 7) is 0.512. The van der Waals surface area contributed by atoms with Crippen LogP contribution in [-0.4, -0.2) is 20.8 Å². The Bertz CT molecular complexity index is 419. The number of hydrogen-bond acceptors (Lipinski definition) is 3. The number of benzene rings is 1. The number of alkyl halides is 3. The summed E-state index contributed by atoms with van der Waals surface area (Å²) in [5, 5.41) is 0. The van der Waals surface area contributed by atoms with Gasteiger partial charge < -0.3 is 15.2 Å². The Morgan fingerprint density at radius 2 is 1.79 bits per heavy atom. The van der Waals surface area contributed by atoms with Crippen LogP contribution in [0, 0.1) is 0 Å². The average Bonchev–Trinajstić information content (AvgIpc) is 2.37. The maximum Gasteiger partial charge on any atom is 0.420 e. The van der Waals surface area contributed by atoms with E-state index in [1.807, 2.05) is 0 Å². The zero-order chi connectivity index (χ0) is 14.5. The molecule has 0 unspecified atom stereocenters. The van der Waals surface area contributed by atoms with E-state index in [0.717, 1.165) is 12.5 Å². The van der Waals surface area contributed by atoms with E-state index in [9.17, 15) is 13.2 Å². The molecule has 1 aromatic carbocycles. The summed E-state index contributed by atoms with van der Waals surface area (Å²) in [6.07, 6.45) is -2.54. The smallest absolute Gasteiger partial charge is 0.420 e. The Morgan fingerprint density at radius 1 is 1.11 bits per heavy atom. The third-order valence-electron chi connectivity index (χ3n) is 2.78. The fourth-order valence-corrected chi connectivity index (χ4v) is 1.87. The van der Waals surface area contributed by atoms with Crippen LogP contribution in [0.15, 0.2) is 12.1 Å². The van der Waals surface area contributed by atoms with Crippen molar-refractivity contribution in [3.05, 3.63) is 23.3 Å². The molecule has 0 fully saturated rings. The summed E-state index contributed by atoms with van der Waals surface area (Å²) in [5.41, 5.74) is 5.06. The van der Waals surface area contributed by atoms with Crippen molar-refractivity contribution in [1.82, 2.24) is 0 Å². The predicted molar refractivity (Wildman–Crippen MR) is 66.5 cm³/mol. The highest BCUT2D eigenvalue weighted by Gasteiger charge is 2.36. The lowest BCUT2D eigenvalue weighted by molar-refractivity contribution is -0.138. The molecule has 0 bridgehead atoms. The van der Waals surface area contributed by atoms with Gasteiger partial charge in [0.2, 0.25) is 0 Å². The van der Waals surface area contributed by atoms with E-state index in [4.69, 9.17) is 15.2 Å². The number of nitrogens with two attached hydrogens (primary N) is 1. The Labute approximate surface area is 110 Å². The van der Waals surface area contributed by atoms with Crippen LogP contribution in [0.1, 0.15) is 24.0 Å². The van der Waals surface area contributed by atoms with Crippen LogP contribution in [0.4, 0.5) is 13.2 Å². The molecular weight excluding hydrogens is 259 g/mol. The molecule has 0 aliphatic heterocycles. The lowest BCUT2D eigenvalue weighted by Gasteiger charge is -2.17. The lowest BCUT2D eigenvalue weighted by Crippen LogP contribution is -2.10. The molecule has 0 saturated heterocycles. The van der Waals surface area contributed by atoms with Crippen molar-refractivity contribution in [3.63, 3.8) is 0 Å². The molecule has 1 aromatic rings. The second kappa shape index (κ2) is 6.65. The maximum absolute atomic E-state index is 13.0. The molecular formula is C13H18F3NO2. The minimum atomic E-state index is -4.47. The van der Waals surface area contributed by atoms with Gasteiger partial charge in [0.1, 0.15) is 17.1 Å². The monoisotopic (exact) mass is 277 g/mol. The molecule has 2 N–H and O–H groups in total.